The molecule has 1 amide bonds. The monoisotopic (exact) mass is 306 g/mol. The molecule has 1 heterocycles. The summed E-state index contributed by atoms with van der Waals surface area (Å²) in [6.07, 6.45) is 4.64. The average Bonchev–Trinajstić information content (AvgIpc) is 3.32. The van der Waals surface area contributed by atoms with E-state index in [9.17, 15) is 4.79 Å². The summed E-state index contributed by atoms with van der Waals surface area (Å²) in [5, 5.41) is 4.06. The zero-order chi connectivity index (χ0) is 14.8. The van der Waals surface area contributed by atoms with Gasteiger partial charge in [0.1, 0.15) is 0 Å². The number of nitrogens with zero attached hydrogens (tertiary/aromatic N) is 1. The number of nitrogens with one attached hydrogen (secondary N) is 1. The van der Waals surface area contributed by atoms with Crippen LogP contribution in [0.3, 0.4) is 0 Å². The molecule has 3 rings (SSSR count). The summed E-state index contributed by atoms with van der Waals surface area (Å²) in [6.45, 7) is 4.87. The van der Waals surface area contributed by atoms with Crippen LogP contribution in [-0.2, 0) is 0 Å². The standard InChI is InChI=1S/C17H23ClN2O/c1-12-15(3-2-4-16(12)18)17(21)20(11-13-5-6-13)14-7-9-19-10-8-14/h2-4,13-14,19H,5-11H2,1H3. The van der Waals surface area contributed by atoms with E-state index in [2.05, 4.69) is 10.2 Å². The van der Waals surface area contributed by atoms with Gasteiger partial charge in [-0.05, 0) is 69.3 Å². The third-order valence-electron chi connectivity index (χ3n) is 4.66. The van der Waals surface area contributed by atoms with Gasteiger partial charge in [-0.3, -0.25) is 4.79 Å². The third-order valence-corrected chi connectivity index (χ3v) is 5.07. The molecule has 4 heteroatoms. The van der Waals surface area contributed by atoms with Gasteiger partial charge in [0.25, 0.3) is 5.91 Å². The number of hydrogen-bond acceptors (Lipinski definition) is 2. The molecule has 114 valence electrons. The van der Waals surface area contributed by atoms with Gasteiger partial charge in [0.15, 0.2) is 0 Å². The van der Waals surface area contributed by atoms with Crippen molar-refractivity contribution in [2.24, 2.45) is 5.92 Å². The van der Waals surface area contributed by atoms with Gasteiger partial charge in [0, 0.05) is 23.2 Å². The van der Waals surface area contributed by atoms with Crippen LogP contribution in [0.25, 0.3) is 0 Å². The molecule has 0 atom stereocenters. The first-order valence-electron chi connectivity index (χ1n) is 7.93. The molecular weight excluding hydrogens is 284 g/mol. The van der Waals surface area contributed by atoms with Gasteiger partial charge in [-0.2, -0.15) is 0 Å². The second-order valence-electron chi connectivity index (χ2n) is 6.29. The highest BCUT2D eigenvalue weighted by atomic mass is 35.5. The normalized spacial score (nSPS) is 19.5. The predicted octanol–water partition coefficient (Wildman–Crippen LogP) is 3.25. The molecule has 0 spiro atoms. The van der Waals surface area contributed by atoms with Crippen LogP contribution in [0.5, 0.6) is 0 Å². The SMILES string of the molecule is Cc1c(Cl)cccc1C(=O)N(CC1CC1)C1CCNCC1. The van der Waals surface area contributed by atoms with Gasteiger partial charge < -0.3 is 10.2 Å². The highest BCUT2D eigenvalue weighted by Crippen LogP contribution is 2.32. The first-order valence-corrected chi connectivity index (χ1v) is 8.31. The maximum Gasteiger partial charge on any atom is 0.254 e. The fraction of sp³-hybridized carbons (Fsp3) is 0.588. The van der Waals surface area contributed by atoms with Crippen molar-refractivity contribution in [1.82, 2.24) is 10.2 Å². The Balaban J connectivity index is 1.83. The van der Waals surface area contributed by atoms with Crippen LogP contribution >= 0.6 is 11.6 Å². The van der Waals surface area contributed by atoms with Crippen molar-refractivity contribution in [3.63, 3.8) is 0 Å². The van der Waals surface area contributed by atoms with Crippen molar-refractivity contribution in [1.29, 1.82) is 0 Å². The molecule has 21 heavy (non-hydrogen) atoms. The van der Waals surface area contributed by atoms with E-state index >= 15 is 0 Å². The first kappa shape index (κ1) is 14.9. The Morgan fingerprint density at radius 2 is 2.00 bits per heavy atom. The zero-order valence-electron chi connectivity index (χ0n) is 12.6. The summed E-state index contributed by atoms with van der Waals surface area (Å²) in [5.74, 6) is 0.872. The number of amides is 1. The third kappa shape index (κ3) is 3.41. The molecule has 3 nitrogen and oxygen atoms in total. The first-order chi connectivity index (χ1) is 10.2. The lowest BCUT2D eigenvalue weighted by molar-refractivity contribution is 0.0630. The molecule has 1 aliphatic carbocycles. The molecule has 1 aromatic carbocycles. The van der Waals surface area contributed by atoms with E-state index in [1.165, 1.54) is 12.8 Å². The molecule has 1 aromatic rings. The van der Waals surface area contributed by atoms with Crippen LogP contribution in [0, 0.1) is 12.8 Å². The number of hydrogen-bond donors (Lipinski definition) is 1. The Hall–Kier alpha value is -1.06. The highest BCUT2D eigenvalue weighted by Gasteiger charge is 2.32. The number of rotatable bonds is 4. The lowest BCUT2D eigenvalue weighted by Gasteiger charge is -2.35. The van der Waals surface area contributed by atoms with Gasteiger partial charge in [-0.1, -0.05) is 17.7 Å². The van der Waals surface area contributed by atoms with Crippen LogP contribution in [0.15, 0.2) is 18.2 Å². The van der Waals surface area contributed by atoms with Gasteiger partial charge in [-0.15, -0.1) is 0 Å². The van der Waals surface area contributed by atoms with Gasteiger partial charge in [0.05, 0.1) is 0 Å². The van der Waals surface area contributed by atoms with E-state index in [0.717, 1.165) is 43.6 Å². The van der Waals surface area contributed by atoms with E-state index in [-0.39, 0.29) is 5.91 Å². The van der Waals surface area contributed by atoms with Crippen molar-refractivity contribution in [3.05, 3.63) is 34.3 Å². The summed E-state index contributed by atoms with van der Waals surface area (Å²) < 4.78 is 0. The quantitative estimate of drug-likeness (QED) is 0.926. The topological polar surface area (TPSA) is 32.3 Å². The van der Waals surface area contributed by atoms with Crippen molar-refractivity contribution in [2.75, 3.05) is 19.6 Å². The Labute approximate surface area is 131 Å². The van der Waals surface area contributed by atoms with Crippen molar-refractivity contribution in [3.8, 4) is 0 Å². The van der Waals surface area contributed by atoms with Crippen molar-refractivity contribution >= 4 is 17.5 Å². The molecule has 2 aliphatic rings. The van der Waals surface area contributed by atoms with Crippen LogP contribution in [0.4, 0.5) is 0 Å². The number of piperidine rings is 1. The maximum atomic E-state index is 13.0. The summed E-state index contributed by atoms with van der Waals surface area (Å²) in [7, 11) is 0. The summed E-state index contributed by atoms with van der Waals surface area (Å²) in [6, 6.07) is 6.01. The van der Waals surface area contributed by atoms with E-state index in [1.807, 2.05) is 25.1 Å². The fourth-order valence-electron chi connectivity index (χ4n) is 3.09. The van der Waals surface area contributed by atoms with E-state index in [0.29, 0.717) is 17.0 Å². The lowest BCUT2D eigenvalue weighted by Crippen LogP contribution is -2.47. The highest BCUT2D eigenvalue weighted by molar-refractivity contribution is 6.31. The Bertz CT molecular complexity index is 522. The molecule has 1 saturated heterocycles. The molecule has 2 fully saturated rings. The molecule has 0 radical (unpaired) electrons. The molecule has 0 bridgehead atoms. The number of carbonyl (C=O) groups is 1. The summed E-state index contributed by atoms with van der Waals surface area (Å²) >= 11 is 6.19. The summed E-state index contributed by atoms with van der Waals surface area (Å²) in [5.41, 5.74) is 1.67. The molecule has 0 unspecified atom stereocenters. The Morgan fingerprint density at radius 1 is 1.29 bits per heavy atom. The van der Waals surface area contributed by atoms with Gasteiger partial charge in [0.2, 0.25) is 0 Å². The van der Waals surface area contributed by atoms with Crippen LogP contribution in [-0.4, -0.2) is 36.5 Å². The zero-order valence-corrected chi connectivity index (χ0v) is 13.3. The number of carbonyl (C=O) groups excluding carboxylic acids is 1. The smallest absolute Gasteiger partial charge is 0.254 e. The maximum absolute atomic E-state index is 13.0. The van der Waals surface area contributed by atoms with Gasteiger partial charge in [-0.25, -0.2) is 0 Å². The Morgan fingerprint density at radius 3 is 2.67 bits per heavy atom. The second-order valence-corrected chi connectivity index (χ2v) is 6.70. The summed E-state index contributed by atoms with van der Waals surface area (Å²) in [4.78, 5) is 15.1. The van der Waals surface area contributed by atoms with Crippen LogP contribution in [0.1, 0.15) is 41.6 Å². The van der Waals surface area contributed by atoms with E-state index in [1.54, 1.807) is 0 Å². The minimum atomic E-state index is 0.161. The molecular formula is C17H23ClN2O. The molecule has 1 aliphatic heterocycles. The Kier molecular flexibility index (Phi) is 4.51. The van der Waals surface area contributed by atoms with Gasteiger partial charge >= 0.3 is 0 Å². The fourth-order valence-corrected chi connectivity index (χ4v) is 3.26. The van der Waals surface area contributed by atoms with E-state index in [4.69, 9.17) is 11.6 Å². The number of halogens is 1. The molecule has 0 aromatic heterocycles. The van der Waals surface area contributed by atoms with E-state index < -0.39 is 0 Å². The minimum absolute atomic E-state index is 0.161. The largest absolute Gasteiger partial charge is 0.335 e. The average molecular weight is 307 g/mol. The lowest BCUT2D eigenvalue weighted by atomic mass is 10.0. The van der Waals surface area contributed by atoms with Crippen molar-refractivity contribution in [2.45, 2.75) is 38.6 Å². The molecule has 1 N–H and O–H groups in total. The number of benzene rings is 1. The van der Waals surface area contributed by atoms with Crippen LogP contribution < -0.4 is 5.32 Å². The van der Waals surface area contributed by atoms with Crippen molar-refractivity contribution < 1.29 is 4.79 Å². The predicted molar refractivity (Wildman–Crippen MR) is 85.8 cm³/mol. The second kappa shape index (κ2) is 6.37. The molecule has 1 saturated carbocycles. The van der Waals surface area contributed by atoms with Crippen LogP contribution in [0.2, 0.25) is 5.02 Å². The minimum Gasteiger partial charge on any atom is -0.335 e.